The zero-order valence-electron chi connectivity index (χ0n) is 11.5. The largest absolute Gasteiger partial charge is 0.465 e. The average Bonchev–Trinajstić information content (AvgIpc) is 2.86. The van der Waals surface area contributed by atoms with Crippen LogP contribution in [0.3, 0.4) is 0 Å². The molecule has 0 bridgehead atoms. The summed E-state index contributed by atoms with van der Waals surface area (Å²) in [7, 11) is 0. The summed E-state index contributed by atoms with van der Waals surface area (Å²) in [5.41, 5.74) is 3.08. The molecule has 2 aromatic rings. The maximum absolute atomic E-state index is 11.9. The number of amides is 1. The number of thiophene rings is 1. The van der Waals surface area contributed by atoms with Crippen molar-refractivity contribution in [3.8, 4) is 0 Å². The highest BCUT2D eigenvalue weighted by Crippen LogP contribution is 2.33. The van der Waals surface area contributed by atoms with Crippen LogP contribution in [0.15, 0.2) is 24.3 Å². The van der Waals surface area contributed by atoms with E-state index in [1.165, 1.54) is 23.1 Å². The highest BCUT2D eigenvalue weighted by atomic mass is 32.2. The van der Waals surface area contributed by atoms with Gasteiger partial charge in [-0.2, -0.15) is 0 Å². The number of esters is 1. The molecular weight excluding hydrogens is 308 g/mol. The van der Waals surface area contributed by atoms with Crippen molar-refractivity contribution in [1.82, 2.24) is 5.43 Å². The smallest absolute Gasteiger partial charge is 0.315 e. The Morgan fingerprint density at radius 2 is 2.14 bits per heavy atom. The van der Waals surface area contributed by atoms with Crippen molar-refractivity contribution in [2.24, 2.45) is 5.84 Å². The molecule has 1 aromatic heterocycles. The Bertz CT molecular complexity index is 655. The number of nitrogens with one attached hydrogen (secondary N) is 1. The van der Waals surface area contributed by atoms with E-state index in [9.17, 15) is 9.59 Å². The van der Waals surface area contributed by atoms with Crippen LogP contribution in [-0.2, 0) is 15.3 Å². The summed E-state index contributed by atoms with van der Waals surface area (Å²) in [5, 5.41) is 1.03. The molecule has 0 atom stereocenters. The first-order chi connectivity index (χ1) is 10.2. The van der Waals surface area contributed by atoms with E-state index in [2.05, 4.69) is 5.43 Å². The number of carbonyl (C=O) groups is 2. The molecule has 1 aromatic carbocycles. The van der Waals surface area contributed by atoms with E-state index < -0.39 is 0 Å². The number of nitrogen functional groups attached to an aromatic ring is 1. The van der Waals surface area contributed by atoms with E-state index >= 15 is 0 Å². The second kappa shape index (κ2) is 7.44. The second-order valence-electron chi connectivity index (χ2n) is 4.18. The highest BCUT2D eigenvalue weighted by molar-refractivity contribution is 7.99. The zero-order chi connectivity index (χ0) is 15.2. The standard InChI is InChI=1S/C14H16N2O3S2/c1-2-19-12(17)8-20-7-10-9-5-3-4-6-11(9)21-13(10)14(18)16-15/h3-6H,2,7-8,15H2,1H3,(H,16,18). The molecule has 3 N–H and O–H groups in total. The summed E-state index contributed by atoms with van der Waals surface area (Å²) in [5.74, 6) is 5.52. The van der Waals surface area contributed by atoms with Gasteiger partial charge < -0.3 is 4.74 Å². The quantitative estimate of drug-likeness (QED) is 0.369. The molecule has 0 aliphatic heterocycles. The summed E-state index contributed by atoms with van der Waals surface area (Å²) >= 11 is 2.83. The highest BCUT2D eigenvalue weighted by Gasteiger charge is 2.17. The lowest BCUT2D eigenvalue weighted by molar-refractivity contribution is -0.139. The third-order valence-electron chi connectivity index (χ3n) is 2.81. The van der Waals surface area contributed by atoms with Crippen molar-refractivity contribution in [3.05, 3.63) is 34.7 Å². The van der Waals surface area contributed by atoms with E-state index in [0.29, 0.717) is 17.2 Å². The fraction of sp³-hybridized carbons (Fsp3) is 0.286. The molecule has 1 heterocycles. The Hall–Kier alpha value is -1.57. The molecule has 0 fully saturated rings. The van der Waals surface area contributed by atoms with Crippen LogP contribution < -0.4 is 11.3 Å². The van der Waals surface area contributed by atoms with Crippen LogP contribution >= 0.6 is 23.1 Å². The Morgan fingerprint density at radius 3 is 2.86 bits per heavy atom. The zero-order valence-corrected chi connectivity index (χ0v) is 13.2. The van der Waals surface area contributed by atoms with Gasteiger partial charge in [0.2, 0.25) is 0 Å². The van der Waals surface area contributed by atoms with Crippen LogP contribution in [0, 0.1) is 0 Å². The number of fused-ring (bicyclic) bond motifs is 1. The molecule has 0 saturated heterocycles. The van der Waals surface area contributed by atoms with Crippen molar-refractivity contribution in [2.75, 3.05) is 12.4 Å². The van der Waals surface area contributed by atoms with Crippen LogP contribution in [0.25, 0.3) is 10.1 Å². The number of hydrogen-bond acceptors (Lipinski definition) is 6. The molecule has 1 amide bonds. The molecule has 2 rings (SSSR count). The molecular formula is C14H16N2O3S2. The molecule has 0 unspecified atom stereocenters. The lowest BCUT2D eigenvalue weighted by Crippen LogP contribution is -2.29. The predicted octanol–water partition coefficient (Wildman–Crippen LogP) is 2.30. The number of thioether (sulfide) groups is 1. The molecule has 0 radical (unpaired) electrons. The van der Waals surface area contributed by atoms with E-state index in [-0.39, 0.29) is 17.6 Å². The molecule has 0 aliphatic rings. The van der Waals surface area contributed by atoms with Crippen molar-refractivity contribution in [3.63, 3.8) is 0 Å². The van der Waals surface area contributed by atoms with Crippen molar-refractivity contribution in [2.45, 2.75) is 12.7 Å². The number of ether oxygens (including phenoxy) is 1. The van der Waals surface area contributed by atoms with Gasteiger partial charge in [-0.05, 0) is 23.9 Å². The molecule has 7 heteroatoms. The van der Waals surface area contributed by atoms with Gasteiger partial charge in [0.15, 0.2) is 0 Å². The maximum Gasteiger partial charge on any atom is 0.315 e. The Labute approximate surface area is 130 Å². The van der Waals surface area contributed by atoms with Gasteiger partial charge in [-0.15, -0.1) is 23.1 Å². The summed E-state index contributed by atoms with van der Waals surface area (Å²) < 4.78 is 5.92. The van der Waals surface area contributed by atoms with Gasteiger partial charge in [0.25, 0.3) is 5.91 Å². The minimum Gasteiger partial charge on any atom is -0.465 e. The number of nitrogens with two attached hydrogens (primary N) is 1. The van der Waals surface area contributed by atoms with E-state index in [1.807, 2.05) is 24.3 Å². The first-order valence-electron chi connectivity index (χ1n) is 6.42. The van der Waals surface area contributed by atoms with Crippen molar-refractivity contribution < 1.29 is 14.3 Å². The lowest BCUT2D eigenvalue weighted by Gasteiger charge is -2.04. The van der Waals surface area contributed by atoms with Crippen LogP contribution in [0.5, 0.6) is 0 Å². The second-order valence-corrected chi connectivity index (χ2v) is 6.21. The van der Waals surface area contributed by atoms with Gasteiger partial charge in [0, 0.05) is 10.5 Å². The summed E-state index contributed by atoms with van der Waals surface area (Å²) in [6.07, 6.45) is 0. The first kappa shape index (κ1) is 15.8. The number of rotatable bonds is 6. The number of hydrazine groups is 1. The van der Waals surface area contributed by atoms with Gasteiger partial charge in [-0.1, -0.05) is 18.2 Å². The third kappa shape index (κ3) is 3.75. The maximum atomic E-state index is 11.9. The van der Waals surface area contributed by atoms with E-state index in [0.717, 1.165) is 15.6 Å². The topological polar surface area (TPSA) is 81.4 Å². The number of benzene rings is 1. The third-order valence-corrected chi connectivity index (χ3v) is 4.95. The summed E-state index contributed by atoms with van der Waals surface area (Å²) in [6, 6.07) is 7.80. The Morgan fingerprint density at radius 1 is 1.38 bits per heavy atom. The van der Waals surface area contributed by atoms with Gasteiger partial charge >= 0.3 is 5.97 Å². The number of carbonyl (C=O) groups excluding carboxylic acids is 2. The van der Waals surface area contributed by atoms with Crippen LogP contribution in [0.4, 0.5) is 0 Å². The fourth-order valence-corrected chi connectivity index (χ4v) is 4.00. The van der Waals surface area contributed by atoms with Crippen LogP contribution in [0.2, 0.25) is 0 Å². The molecule has 0 aliphatic carbocycles. The average molecular weight is 324 g/mol. The lowest BCUT2D eigenvalue weighted by atomic mass is 10.1. The van der Waals surface area contributed by atoms with Gasteiger partial charge in [0.1, 0.15) is 0 Å². The molecule has 21 heavy (non-hydrogen) atoms. The summed E-state index contributed by atoms with van der Waals surface area (Å²) in [6.45, 7) is 2.15. The van der Waals surface area contributed by atoms with Gasteiger partial charge in [-0.3, -0.25) is 15.0 Å². The Balaban J connectivity index is 2.20. The minimum absolute atomic E-state index is 0.244. The SMILES string of the molecule is CCOC(=O)CSCc1c(C(=O)NN)sc2ccccc12. The van der Waals surface area contributed by atoms with Crippen molar-refractivity contribution in [1.29, 1.82) is 0 Å². The van der Waals surface area contributed by atoms with Crippen LogP contribution in [-0.4, -0.2) is 24.2 Å². The fourth-order valence-electron chi connectivity index (χ4n) is 1.93. The molecule has 0 spiro atoms. The molecule has 5 nitrogen and oxygen atoms in total. The van der Waals surface area contributed by atoms with Crippen molar-refractivity contribution >= 4 is 45.1 Å². The minimum atomic E-state index is -0.303. The van der Waals surface area contributed by atoms with E-state index in [4.69, 9.17) is 10.6 Å². The van der Waals surface area contributed by atoms with E-state index in [1.54, 1.807) is 6.92 Å². The van der Waals surface area contributed by atoms with Crippen LogP contribution in [0.1, 0.15) is 22.2 Å². The van der Waals surface area contributed by atoms with Gasteiger partial charge in [-0.25, -0.2) is 5.84 Å². The Kier molecular flexibility index (Phi) is 5.60. The molecule has 112 valence electrons. The van der Waals surface area contributed by atoms with Gasteiger partial charge in [0.05, 0.1) is 17.2 Å². The first-order valence-corrected chi connectivity index (χ1v) is 8.39. The predicted molar refractivity (Wildman–Crippen MR) is 86.3 cm³/mol. The molecule has 0 saturated carbocycles. The normalized spacial score (nSPS) is 10.6. The number of hydrogen-bond donors (Lipinski definition) is 2. The summed E-state index contributed by atoms with van der Waals surface area (Å²) in [4.78, 5) is 23.8. The monoisotopic (exact) mass is 324 g/mol.